The molecule has 2 aromatic rings. The maximum atomic E-state index is 9.26. The number of hydrogen-bond donors (Lipinski definition) is 2. The highest BCUT2D eigenvalue weighted by Crippen LogP contribution is 2.33. The van der Waals surface area contributed by atoms with Crippen LogP contribution in [0.2, 0.25) is 0 Å². The summed E-state index contributed by atoms with van der Waals surface area (Å²) in [4.78, 5) is 4.36. The number of aromatic nitrogens is 1. The summed E-state index contributed by atoms with van der Waals surface area (Å²) in [6.45, 7) is 4.15. The van der Waals surface area contributed by atoms with E-state index < -0.39 is 0 Å². The largest absolute Gasteiger partial charge is 0.396 e. The Morgan fingerprint density at radius 3 is 2.67 bits per heavy atom. The Bertz CT molecular complexity index is 526. The van der Waals surface area contributed by atoms with Crippen LogP contribution >= 0.6 is 0 Å². The lowest BCUT2D eigenvalue weighted by Gasteiger charge is -2.31. The van der Waals surface area contributed by atoms with E-state index in [4.69, 9.17) is 5.73 Å². The molecule has 1 aromatic carbocycles. The van der Waals surface area contributed by atoms with Gasteiger partial charge in [-0.25, -0.2) is 0 Å². The molecule has 0 aliphatic rings. The molecule has 96 valence electrons. The summed E-state index contributed by atoms with van der Waals surface area (Å²) in [6, 6.07) is 10.1. The molecule has 0 amide bonds. The van der Waals surface area contributed by atoms with Crippen molar-refractivity contribution in [1.82, 2.24) is 4.98 Å². The van der Waals surface area contributed by atoms with Crippen molar-refractivity contribution in [3.8, 4) is 0 Å². The van der Waals surface area contributed by atoms with Crippen molar-refractivity contribution in [2.24, 2.45) is 5.73 Å². The molecular formula is C15H20N2O. The lowest BCUT2D eigenvalue weighted by Crippen LogP contribution is -2.39. The third-order valence-corrected chi connectivity index (χ3v) is 3.37. The standard InChI is InChI=1S/C15H20N2O/c1-15(2,16)13(8-10-18)11-7-9-17-14-6-4-3-5-12(11)14/h3-7,9,13,18H,8,10,16H2,1-2H3. The first kappa shape index (κ1) is 13.0. The second-order valence-electron chi connectivity index (χ2n) is 5.30. The number of pyridine rings is 1. The van der Waals surface area contributed by atoms with E-state index in [1.165, 1.54) is 5.56 Å². The van der Waals surface area contributed by atoms with Crippen molar-refractivity contribution in [2.45, 2.75) is 31.7 Å². The van der Waals surface area contributed by atoms with E-state index in [0.29, 0.717) is 6.42 Å². The highest BCUT2D eigenvalue weighted by Gasteiger charge is 2.27. The van der Waals surface area contributed by atoms with E-state index >= 15 is 0 Å². The molecule has 0 spiro atoms. The second kappa shape index (κ2) is 5.04. The van der Waals surface area contributed by atoms with Crippen LogP contribution in [-0.2, 0) is 0 Å². The molecule has 3 nitrogen and oxygen atoms in total. The predicted octanol–water partition coefficient (Wildman–Crippen LogP) is 2.44. The van der Waals surface area contributed by atoms with Gasteiger partial charge in [0.15, 0.2) is 0 Å². The molecule has 0 fully saturated rings. The minimum Gasteiger partial charge on any atom is -0.396 e. The number of benzene rings is 1. The van der Waals surface area contributed by atoms with Crippen LogP contribution in [0.15, 0.2) is 36.5 Å². The predicted molar refractivity (Wildman–Crippen MR) is 74.5 cm³/mol. The number of para-hydroxylation sites is 1. The number of nitrogens with two attached hydrogens (primary N) is 1. The van der Waals surface area contributed by atoms with Gasteiger partial charge < -0.3 is 10.8 Å². The Balaban J connectivity index is 2.57. The van der Waals surface area contributed by atoms with Crippen LogP contribution in [0.5, 0.6) is 0 Å². The quantitative estimate of drug-likeness (QED) is 0.868. The van der Waals surface area contributed by atoms with E-state index in [-0.39, 0.29) is 18.1 Å². The minimum absolute atomic E-state index is 0.121. The zero-order valence-corrected chi connectivity index (χ0v) is 10.9. The number of aliphatic hydroxyl groups is 1. The van der Waals surface area contributed by atoms with Gasteiger partial charge in [0.2, 0.25) is 0 Å². The molecule has 2 rings (SSSR count). The molecular weight excluding hydrogens is 224 g/mol. The van der Waals surface area contributed by atoms with Crippen LogP contribution < -0.4 is 5.73 Å². The summed E-state index contributed by atoms with van der Waals surface area (Å²) in [5.74, 6) is 0.121. The SMILES string of the molecule is CC(C)(N)C(CCO)c1ccnc2ccccc12. The first-order valence-electron chi connectivity index (χ1n) is 6.27. The fourth-order valence-electron chi connectivity index (χ4n) is 2.48. The van der Waals surface area contributed by atoms with Crippen LogP contribution in [0.1, 0.15) is 31.7 Å². The highest BCUT2D eigenvalue weighted by molar-refractivity contribution is 5.82. The first-order chi connectivity index (χ1) is 8.54. The van der Waals surface area contributed by atoms with E-state index in [2.05, 4.69) is 11.1 Å². The fourth-order valence-corrected chi connectivity index (χ4v) is 2.48. The minimum atomic E-state index is -0.368. The molecule has 0 bridgehead atoms. The van der Waals surface area contributed by atoms with Crippen molar-refractivity contribution in [1.29, 1.82) is 0 Å². The van der Waals surface area contributed by atoms with E-state index in [1.807, 2.05) is 44.3 Å². The molecule has 0 saturated heterocycles. The lowest BCUT2D eigenvalue weighted by molar-refractivity contribution is 0.251. The van der Waals surface area contributed by atoms with Crippen molar-refractivity contribution in [3.05, 3.63) is 42.1 Å². The molecule has 0 saturated carbocycles. The van der Waals surface area contributed by atoms with Gasteiger partial charge in [0.1, 0.15) is 0 Å². The number of aliphatic hydroxyl groups excluding tert-OH is 1. The molecule has 3 N–H and O–H groups in total. The maximum Gasteiger partial charge on any atom is 0.0704 e. The van der Waals surface area contributed by atoms with Gasteiger partial charge in [-0.15, -0.1) is 0 Å². The summed E-state index contributed by atoms with van der Waals surface area (Å²) in [6.07, 6.45) is 2.48. The molecule has 1 heterocycles. The maximum absolute atomic E-state index is 9.26. The van der Waals surface area contributed by atoms with Crippen LogP contribution in [0.25, 0.3) is 10.9 Å². The van der Waals surface area contributed by atoms with E-state index in [1.54, 1.807) is 0 Å². The monoisotopic (exact) mass is 244 g/mol. The van der Waals surface area contributed by atoms with Gasteiger partial charge in [0, 0.05) is 29.6 Å². The summed E-state index contributed by atoms with van der Waals surface area (Å²) < 4.78 is 0. The third-order valence-electron chi connectivity index (χ3n) is 3.37. The summed E-state index contributed by atoms with van der Waals surface area (Å²) in [5.41, 5.74) is 8.03. The van der Waals surface area contributed by atoms with Crippen molar-refractivity contribution in [3.63, 3.8) is 0 Å². The topological polar surface area (TPSA) is 59.1 Å². The summed E-state index contributed by atoms with van der Waals surface area (Å²) >= 11 is 0. The third kappa shape index (κ3) is 2.52. The van der Waals surface area contributed by atoms with Crippen molar-refractivity contribution in [2.75, 3.05) is 6.61 Å². The zero-order chi connectivity index (χ0) is 13.2. The molecule has 1 atom stereocenters. The molecule has 0 aliphatic heterocycles. The summed E-state index contributed by atoms with van der Waals surface area (Å²) in [7, 11) is 0. The number of hydrogen-bond acceptors (Lipinski definition) is 3. The Labute approximate surface area is 108 Å². The molecule has 3 heteroatoms. The van der Waals surface area contributed by atoms with Gasteiger partial charge >= 0.3 is 0 Å². The number of nitrogens with zero attached hydrogens (tertiary/aromatic N) is 1. The molecule has 1 aromatic heterocycles. The molecule has 0 aliphatic carbocycles. The van der Waals surface area contributed by atoms with Gasteiger partial charge in [0.05, 0.1) is 5.52 Å². The van der Waals surface area contributed by atoms with Gasteiger partial charge in [-0.2, -0.15) is 0 Å². The summed E-state index contributed by atoms with van der Waals surface area (Å²) in [5, 5.41) is 10.4. The second-order valence-corrected chi connectivity index (χ2v) is 5.30. The van der Waals surface area contributed by atoms with E-state index in [0.717, 1.165) is 10.9 Å². The fraction of sp³-hybridized carbons (Fsp3) is 0.400. The Hall–Kier alpha value is -1.45. The van der Waals surface area contributed by atoms with Crippen LogP contribution in [-0.4, -0.2) is 22.2 Å². The lowest BCUT2D eigenvalue weighted by atomic mass is 9.79. The van der Waals surface area contributed by atoms with Crippen molar-refractivity contribution >= 4 is 10.9 Å². The van der Waals surface area contributed by atoms with Crippen LogP contribution in [0.3, 0.4) is 0 Å². The number of rotatable bonds is 4. The van der Waals surface area contributed by atoms with Gasteiger partial charge in [0.25, 0.3) is 0 Å². The van der Waals surface area contributed by atoms with Crippen LogP contribution in [0, 0.1) is 0 Å². The van der Waals surface area contributed by atoms with Gasteiger partial charge in [-0.3, -0.25) is 4.98 Å². The van der Waals surface area contributed by atoms with Crippen LogP contribution in [0.4, 0.5) is 0 Å². The Kier molecular flexibility index (Phi) is 3.64. The van der Waals surface area contributed by atoms with Gasteiger partial charge in [-0.05, 0) is 38.0 Å². The first-order valence-corrected chi connectivity index (χ1v) is 6.27. The molecule has 1 unspecified atom stereocenters. The zero-order valence-electron chi connectivity index (χ0n) is 10.9. The Morgan fingerprint density at radius 1 is 1.28 bits per heavy atom. The van der Waals surface area contributed by atoms with E-state index in [9.17, 15) is 5.11 Å². The normalized spacial score (nSPS) is 13.8. The average molecular weight is 244 g/mol. The Morgan fingerprint density at radius 2 is 2.00 bits per heavy atom. The van der Waals surface area contributed by atoms with Crippen molar-refractivity contribution < 1.29 is 5.11 Å². The average Bonchev–Trinajstić information content (AvgIpc) is 2.34. The highest BCUT2D eigenvalue weighted by atomic mass is 16.3. The molecule has 18 heavy (non-hydrogen) atoms. The molecule has 0 radical (unpaired) electrons. The smallest absolute Gasteiger partial charge is 0.0704 e. The van der Waals surface area contributed by atoms with Gasteiger partial charge in [-0.1, -0.05) is 18.2 Å². The number of fused-ring (bicyclic) bond motifs is 1.